The molecule has 53 heavy (non-hydrogen) atoms. The number of methoxy groups -OCH3 is 1. The summed E-state index contributed by atoms with van der Waals surface area (Å²) in [6.45, 7) is 4.96. The number of ether oxygens (including phenoxy) is 2. The summed E-state index contributed by atoms with van der Waals surface area (Å²) in [6.07, 6.45) is 5.19. The third-order valence-corrected chi connectivity index (χ3v) is 9.33. The molecule has 4 heterocycles. The van der Waals surface area contributed by atoms with E-state index < -0.39 is 5.91 Å². The lowest BCUT2D eigenvalue weighted by Crippen LogP contribution is -2.32. The molecular formula is C41H35N7O5. The van der Waals surface area contributed by atoms with Gasteiger partial charge < -0.3 is 19.2 Å². The lowest BCUT2D eigenvalue weighted by Gasteiger charge is -2.29. The summed E-state index contributed by atoms with van der Waals surface area (Å²) in [5.41, 5.74) is 6.67. The zero-order valence-electron chi connectivity index (χ0n) is 29.2. The number of aryl methyl sites for hydroxylation is 1. The quantitative estimate of drug-likeness (QED) is 0.162. The molecule has 0 saturated heterocycles. The van der Waals surface area contributed by atoms with Crippen molar-refractivity contribution in [2.75, 3.05) is 25.5 Å². The molecule has 12 nitrogen and oxygen atoms in total. The van der Waals surface area contributed by atoms with Crippen molar-refractivity contribution in [1.29, 1.82) is 0 Å². The van der Waals surface area contributed by atoms with Crippen molar-refractivity contribution in [1.82, 2.24) is 30.1 Å². The molecule has 3 aromatic heterocycles. The number of fused-ring (bicyclic) bond motifs is 2. The molecule has 1 N–H and O–H groups in total. The van der Waals surface area contributed by atoms with Crippen LogP contribution in [0.15, 0.2) is 119 Å². The van der Waals surface area contributed by atoms with Gasteiger partial charge in [0.05, 0.1) is 29.4 Å². The predicted octanol–water partition coefficient (Wildman–Crippen LogP) is 6.79. The Bertz CT molecular complexity index is 2500. The topological polar surface area (TPSA) is 138 Å². The molecule has 264 valence electrons. The van der Waals surface area contributed by atoms with Crippen molar-refractivity contribution in [3.05, 3.63) is 148 Å². The fourth-order valence-corrected chi connectivity index (χ4v) is 6.52. The number of tetrazole rings is 1. The first-order valence-corrected chi connectivity index (χ1v) is 17.2. The van der Waals surface area contributed by atoms with Crippen LogP contribution >= 0.6 is 0 Å². The van der Waals surface area contributed by atoms with Crippen molar-refractivity contribution >= 4 is 22.6 Å². The Kier molecular flexibility index (Phi) is 9.18. The van der Waals surface area contributed by atoms with Crippen LogP contribution in [0.2, 0.25) is 0 Å². The molecule has 0 bridgehead atoms. The van der Waals surface area contributed by atoms with Gasteiger partial charge in [0, 0.05) is 38.1 Å². The molecule has 0 atom stereocenters. The lowest BCUT2D eigenvalue weighted by atomic mass is 9.96. The summed E-state index contributed by atoms with van der Waals surface area (Å²) in [5, 5.41) is 16.6. The molecular weight excluding hydrogens is 670 g/mol. The van der Waals surface area contributed by atoms with Crippen LogP contribution in [0, 0.1) is 6.92 Å². The highest BCUT2D eigenvalue weighted by Gasteiger charge is 2.20. The molecule has 7 aromatic rings. The zero-order chi connectivity index (χ0) is 36.3. The van der Waals surface area contributed by atoms with E-state index in [4.69, 9.17) is 13.9 Å². The number of hydrogen-bond donors (Lipinski definition) is 1. The van der Waals surface area contributed by atoms with E-state index >= 15 is 0 Å². The molecule has 0 spiro atoms. The molecule has 8 rings (SSSR count). The molecule has 12 heteroatoms. The van der Waals surface area contributed by atoms with Crippen molar-refractivity contribution in [2.45, 2.75) is 26.3 Å². The number of para-hydroxylation sites is 1. The number of nitrogens with zero attached hydrogens (tertiary/aromatic N) is 6. The number of rotatable bonds is 10. The number of carbonyl (C=O) groups excluding carboxylic acids is 1. The predicted molar refractivity (Wildman–Crippen MR) is 200 cm³/mol. The third-order valence-electron chi connectivity index (χ3n) is 9.33. The van der Waals surface area contributed by atoms with Crippen LogP contribution in [0.1, 0.15) is 32.8 Å². The highest BCUT2D eigenvalue weighted by atomic mass is 16.5. The molecule has 0 saturated carbocycles. The Hall–Kier alpha value is -6.66. The molecule has 0 fully saturated rings. The normalized spacial score (nSPS) is 12.7. The van der Waals surface area contributed by atoms with Crippen LogP contribution < -0.4 is 20.2 Å². The van der Waals surface area contributed by atoms with Crippen LogP contribution in [-0.2, 0) is 19.4 Å². The van der Waals surface area contributed by atoms with E-state index in [1.165, 1.54) is 33.1 Å². The van der Waals surface area contributed by atoms with Crippen LogP contribution in [0.25, 0.3) is 28.0 Å². The second-order valence-corrected chi connectivity index (χ2v) is 12.9. The fourth-order valence-electron chi connectivity index (χ4n) is 6.52. The number of pyridine rings is 1. The Balaban J connectivity index is 1.01. The second kappa shape index (κ2) is 14.5. The molecule has 0 radical (unpaired) electrons. The van der Waals surface area contributed by atoms with E-state index in [1.807, 2.05) is 12.1 Å². The van der Waals surface area contributed by atoms with E-state index in [0.717, 1.165) is 43.9 Å². The average molecular weight is 706 g/mol. The maximum Gasteiger partial charge on any atom is 0.291 e. The lowest BCUT2D eigenvalue weighted by molar-refractivity contribution is 0.0997. The minimum atomic E-state index is -0.608. The molecule has 0 unspecified atom stereocenters. The van der Waals surface area contributed by atoms with Crippen molar-refractivity contribution < 1.29 is 18.7 Å². The number of aromatic nitrogens is 5. The van der Waals surface area contributed by atoms with Gasteiger partial charge in [-0.25, -0.2) is 0 Å². The number of carbonyl (C=O) groups is 1. The number of anilines is 1. The van der Waals surface area contributed by atoms with Gasteiger partial charge in [-0.2, -0.15) is 0 Å². The summed E-state index contributed by atoms with van der Waals surface area (Å²) in [5.74, 6) is 1.51. The van der Waals surface area contributed by atoms with Gasteiger partial charge in [-0.1, -0.05) is 30.3 Å². The monoisotopic (exact) mass is 705 g/mol. The van der Waals surface area contributed by atoms with Gasteiger partial charge in [-0.3, -0.25) is 19.5 Å². The summed E-state index contributed by atoms with van der Waals surface area (Å²) in [6, 6.07) is 29.0. The van der Waals surface area contributed by atoms with Gasteiger partial charge in [0.2, 0.25) is 5.82 Å². The summed E-state index contributed by atoms with van der Waals surface area (Å²) < 4.78 is 17.4. The van der Waals surface area contributed by atoms with Crippen molar-refractivity contribution in [3.8, 4) is 34.3 Å². The summed E-state index contributed by atoms with van der Waals surface area (Å²) in [4.78, 5) is 34.1. The van der Waals surface area contributed by atoms with Gasteiger partial charge >= 0.3 is 0 Å². The maximum atomic E-state index is 13.4. The Morgan fingerprint density at radius 2 is 1.75 bits per heavy atom. The Morgan fingerprint density at radius 3 is 2.58 bits per heavy atom. The summed E-state index contributed by atoms with van der Waals surface area (Å²) in [7, 11) is 1.72. The highest BCUT2D eigenvalue weighted by Crippen LogP contribution is 2.33. The van der Waals surface area contributed by atoms with Crippen molar-refractivity contribution in [3.63, 3.8) is 0 Å². The number of benzene rings is 4. The molecule has 1 aliphatic heterocycles. The van der Waals surface area contributed by atoms with E-state index in [9.17, 15) is 9.59 Å². The first-order chi connectivity index (χ1) is 25.9. The molecule has 4 aromatic carbocycles. The van der Waals surface area contributed by atoms with E-state index in [1.54, 1.807) is 74.1 Å². The Morgan fingerprint density at radius 1 is 0.925 bits per heavy atom. The number of nitrogens with one attached hydrogen (secondary N) is 1. The van der Waals surface area contributed by atoms with Crippen LogP contribution in [0.4, 0.5) is 5.69 Å². The fraction of sp³-hybridized carbons (Fsp3) is 0.171. The summed E-state index contributed by atoms with van der Waals surface area (Å²) >= 11 is 0. The van der Waals surface area contributed by atoms with Gasteiger partial charge in [-0.05, 0) is 108 Å². The number of amides is 1. The van der Waals surface area contributed by atoms with Crippen LogP contribution in [-0.4, -0.2) is 56.2 Å². The smallest absolute Gasteiger partial charge is 0.291 e. The highest BCUT2D eigenvalue weighted by molar-refractivity contribution is 6.05. The third kappa shape index (κ3) is 7.26. The number of hydrogen-bond acceptors (Lipinski definition) is 10. The van der Waals surface area contributed by atoms with Crippen LogP contribution in [0.5, 0.6) is 17.2 Å². The minimum absolute atomic E-state index is 0.131. The van der Waals surface area contributed by atoms with E-state index in [0.29, 0.717) is 33.7 Å². The second-order valence-electron chi connectivity index (χ2n) is 12.9. The van der Waals surface area contributed by atoms with Gasteiger partial charge in [-0.15, -0.1) is 15.0 Å². The standard InChI is InChI=1S/C41H35N7O5/c1-26-21-28-16-20-47(25-29(28)22-38(26)51-2)19-15-27-7-9-30(10-8-27)48-45-40(44-46-48)34-23-32(52-31-13-17-42-18-14-31)11-12-35(34)43-41(50)39-24-36(49)33-5-3-4-6-37(33)53-39/h3-14,17-18,21-24H,15-16,19-20,25H2,1-2H3,(H,43,50). The van der Waals surface area contributed by atoms with Crippen molar-refractivity contribution in [2.24, 2.45) is 0 Å². The molecule has 0 aliphatic carbocycles. The minimum Gasteiger partial charge on any atom is -0.496 e. The van der Waals surface area contributed by atoms with E-state index in [-0.39, 0.29) is 17.0 Å². The maximum absolute atomic E-state index is 13.4. The zero-order valence-corrected chi connectivity index (χ0v) is 29.2. The first kappa shape index (κ1) is 33.5. The van der Waals surface area contributed by atoms with Crippen LogP contribution in [0.3, 0.4) is 0 Å². The van der Waals surface area contributed by atoms with Gasteiger partial charge in [0.1, 0.15) is 22.8 Å². The Labute approximate surface area is 304 Å². The molecule has 1 amide bonds. The van der Waals surface area contributed by atoms with Gasteiger partial charge in [0.15, 0.2) is 11.2 Å². The van der Waals surface area contributed by atoms with E-state index in [2.05, 4.69) is 61.8 Å². The first-order valence-electron chi connectivity index (χ1n) is 17.2. The SMILES string of the molecule is COc1cc2c(cc1C)CCN(CCc1ccc(-n3nnc(-c4cc(Oc5ccncc5)ccc4NC(=O)c4cc(=O)c5ccccc5o4)n3)cc1)C2. The average Bonchev–Trinajstić information content (AvgIpc) is 3.68. The van der Waals surface area contributed by atoms with Gasteiger partial charge in [0.25, 0.3) is 5.91 Å². The largest absolute Gasteiger partial charge is 0.496 e. The molecule has 1 aliphatic rings.